The molecule has 0 amide bonds. The first kappa shape index (κ1) is 17.0. The maximum absolute atomic E-state index is 12.4. The Bertz CT molecular complexity index is 1210. The number of thiazole rings is 1. The molecule has 0 fully saturated rings. The van der Waals surface area contributed by atoms with E-state index in [4.69, 9.17) is 5.73 Å². The summed E-state index contributed by atoms with van der Waals surface area (Å²) in [4.78, 5) is 28.5. The molecule has 0 aliphatic heterocycles. The van der Waals surface area contributed by atoms with Crippen LogP contribution < -0.4 is 11.2 Å². The van der Waals surface area contributed by atoms with E-state index < -0.39 is 11.4 Å². The average molecular weight is 377 g/mol. The second-order valence-corrected chi connectivity index (χ2v) is 7.04. The summed E-state index contributed by atoms with van der Waals surface area (Å²) in [5.74, 6) is -1.28. The summed E-state index contributed by atoms with van der Waals surface area (Å²) in [5.41, 5.74) is 8.04. The average Bonchev–Trinajstić information content (AvgIpc) is 3.07. The number of carboxylic acids is 1. The summed E-state index contributed by atoms with van der Waals surface area (Å²) < 4.78 is 1.73. The van der Waals surface area contributed by atoms with Crippen molar-refractivity contribution in [2.75, 3.05) is 5.73 Å². The minimum atomic E-state index is -1.28. The molecule has 3 N–H and O–H groups in total. The highest BCUT2D eigenvalue weighted by Crippen LogP contribution is 2.27. The number of anilines is 1. The fraction of sp³-hybridized carbons (Fsp3) is 0.0500. The molecule has 134 valence electrons. The molecule has 0 atom stereocenters. The number of nitrogens with two attached hydrogens (primary N) is 1. The molecule has 0 bridgehead atoms. The zero-order chi connectivity index (χ0) is 19.0. The predicted molar refractivity (Wildman–Crippen MR) is 106 cm³/mol. The maximum Gasteiger partial charge on any atom is 0.341 e. The number of pyridine rings is 1. The van der Waals surface area contributed by atoms with E-state index in [1.165, 1.54) is 17.5 Å². The molecule has 4 aromatic rings. The minimum absolute atomic E-state index is 0.0922. The number of aromatic carboxylic acids is 1. The number of aromatic nitrogens is 2. The second kappa shape index (κ2) is 6.69. The van der Waals surface area contributed by atoms with Gasteiger partial charge in [-0.25, -0.2) is 9.78 Å². The number of benzene rings is 2. The van der Waals surface area contributed by atoms with Gasteiger partial charge in [-0.15, -0.1) is 0 Å². The number of nitrogen functional groups attached to an aromatic ring is 1. The third kappa shape index (κ3) is 3.09. The lowest BCUT2D eigenvalue weighted by atomic mass is 9.99. The van der Waals surface area contributed by atoms with Crippen LogP contribution in [0.15, 0.2) is 65.6 Å². The van der Waals surface area contributed by atoms with Crippen molar-refractivity contribution in [1.82, 2.24) is 9.55 Å². The van der Waals surface area contributed by atoms with Gasteiger partial charge in [0.2, 0.25) is 5.43 Å². The van der Waals surface area contributed by atoms with Crippen molar-refractivity contribution in [3.05, 3.63) is 82.1 Å². The second-order valence-electron chi connectivity index (χ2n) is 6.03. The first-order valence-corrected chi connectivity index (χ1v) is 9.02. The van der Waals surface area contributed by atoms with E-state index in [0.717, 1.165) is 16.7 Å². The quantitative estimate of drug-likeness (QED) is 0.568. The van der Waals surface area contributed by atoms with Crippen molar-refractivity contribution in [3.8, 4) is 11.1 Å². The van der Waals surface area contributed by atoms with Crippen LogP contribution in [0.25, 0.3) is 21.5 Å². The maximum atomic E-state index is 12.4. The Kier molecular flexibility index (Phi) is 4.21. The Morgan fingerprint density at radius 1 is 1.11 bits per heavy atom. The molecular weight excluding hydrogens is 362 g/mol. The number of rotatable bonds is 4. The molecule has 4 rings (SSSR count). The molecule has 27 heavy (non-hydrogen) atoms. The normalized spacial score (nSPS) is 11.0. The van der Waals surface area contributed by atoms with Crippen LogP contribution in [0.5, 0.6) is 0 Å². The van der Waals surface area contributed by atoms with Gasteiger partial charge in [-0.1, -0.05) is 65.9 Å². The van der Waals surface area contributed by atoms with Gasteiger partial charge in [-0.2, -0.15) is 0 Å². The van der Waals surface area contributed by atoms with Gasteiger partial charge in [0, 0.05) is 12.7 Å². The SMILES string of the molecule is Nc1nc2c(=O)c(C(=O)O)cn(Cc3ccccc3-c3ccccc3)c2s1. The van der Waals surface area contributed by atoms with Gasteiger partial charge in [-0.3, -0.25) is 4.79 Å². The minimum Gasteiger partial charge on any atom is -0.477 e. The summed E-state index contributed by atoms with van der Waals surface area (Å²) in [6.45, 7) is 0.393. The molecule has 2 heterocycles. The van der Waals surface area contributed by atoms with Gasteiger partial charge in [0.15, 0.2) is 5.13 Å². The highest BCUT2D eigenvalue weighted by molar-refractivity contribution is 7.21. The molecule has 0 aliphatic carbocycles. The third-order valence-electron chi connectivity index (χ3n) is 4.30. The van der Waals surface area contributed by atoms with Crippen molar-refractivity contribution in [3.63, 3.8) is 0 Å². The lowest BCUT2D eigenvalue weighted by Crippen LogP contribution is -2.19. The number of carboxylic acid groups (broad SMARTS) is 1. The number of hydrogen-bond donors (Lipinski definition) is 2. The molecule has 0 radical (unpaired) electrons. The van der Waals surface area contributed by atoms with E-state index in [2.05, 4.69) is 4.98 Å². The van der Waals surface area contributed by atoms with E-state index in [9.17, 15) is 14.7 Å². The molecular formula is C20H15N3O3S. The van der Waals surface area contributed by atoms with Gasteiger partial charge in [0.25, 0.3) is 0 Å². The number of nitrogens with zero attached hydrogens (tertiary/aromatic N) is 2. The summed E-state index contributed by atoms with van der Waals surface area (Å²) in [6, 6.07) is 17.8. The molecule has 2 aromatic heterocycles. The summed E-state index contributed by atoms with van der Waals surface area (Å²) >= 11 is 1.17. The van der Waals surface area contributed by atoms with E-state index >= 15 is 0 Å². The topological polar surface area (TPSA) is 98.2 Å². The van der Waals surface area contributed by atoms with Crippen LogP contribution in [0.4, 0.5) is 5.13 Å². The van der Waals surface area contributed by atoms with Crippen LogP contribution in [0.2, 0.25) is 0 Å². The lowest BCUT2D eigenvalue weighted by molar-refractivity contribution is 0.0695. The number of hydrogen-bond acceptors (Lipinski definition) is 5. The van der Waals surface area contributed by atoms with Crippen LogP contribution in [-0.2, 0) is 6.54 Å². The first-order valence-electron chi connectivity index (χ1n) is 8.20. The van der Waals surface area contributed by atoms with E-state index in [1.54, 1.807) is 4.57 Å². The van der Waals surface area contributed by atoms with Crippen LogP contribution in [0.3, 0.4) is 0 Å². The monoisotopic (exact) mass is 377 g/mol. The summed E-state index contributed by atoms with van der Waals surface area (Å²) in [6.07, 6.45) is 1.37. The molecule has 2 aromatic carbocycles. The molecule has 0 spiro atoms. The summed E-state index contributed by atoms with van der Waals surface area (Å²) in [5, 5.41) is 9.62. The molecule has 0 aliphatic rings. The van der Waals surface area contributed by atoms with E-state index in [0.29, 0.717) is 11.4 Å². The third-order valence-corrected chi connectivity index (χ3v) is 5.23. The zero-order valence-electron chi connectivity index (χ0n) is 14.1. The van der Waals surface area contributed by atoms with Gasteiger partial charge in [0.1, 0.15) is 15.9 Å². The zero-order valence-corrected chi connectivity index (χ0v) is 14.9. The van der Waals surface area contributed by atoms with E-state index in [1.807, 2.05) is 54.6 Å². The van der Waals surface area contributed by atoms with Crippen LogP contribution in [0.1, 0.15) is 15.9 Å². The van der Waals surface area contributed by atoms with E-state index in [-0.39, 0.29) is 16.2 Å². The highest BCUT2D eigenvalue weighted by Gasteiger charge is 2.18. The van der Waals surface area contributed by atoms with Crippen LogP contribution in [-0.4, -0.2) is 20.6 Å². The van der Waals surface area contributed by atoms with Crippen molar-refractivity contribution in [1.29, 1.82) is 0 Å². The van der Waals surface area contributed by atoms with Gasteiger partial charge < -0.3 is 15.4 Å². The van der Waals surface area contributed by atoms with Gasteiger partial charge in [-0.05, 0) is 16.7 Å². The Labute approximate surface area is 158 Å². The summed E-state index contributed by atoms with van der Waals surface area (Å²) in [7, 11) is 0. The van der Waals surface area contributed by atoms with Crippen molar-refractivity contribution < 1.29 is 9.90 Å². The Hall–Kier alpha value is -3.45. The standard InChI is InChI=1S/C20H15N3O3S/c21-20-22-16-17(24)15(19(25)26)11-23(18(16)27-20)10-13-8-4-5-9-14(13)12-6-2-1-3-7-12/h1-9,11H,10H2,(H2,21,22)(H,25,26). The molecule has 7 heteroatoms. The fourth-order valence-corrected chi connectivity index (χ4v) is 3.89. The van der Waals surface area contributed by atoms with Crippen molar-refractivity contribution in [2.45, 2.75) is 6.54 Å². The molecule has 0 unspecified atom stereocenters. The molecule has 6 nitrogen and oxygen atoms in total. The van der Waals surface area contributed by atoms with Gasteiger partial charge in [0.05, 0.1) is 0 Å². The fourth-order valence-electron chi connectivity index (χ4n) is 3.08. The lowest BCUT2D eigenvalue weighted by Gasteiger charge is -2.13. The Morgan fingerprint density at radius 3 is 2.56 bits per heavy atom. The van der Waals surface area contributed by atoms with Gasteiger partial charge >= 0.3 is 5.97 Å². The first-order chi connectivity index (χ1) is 13.0. The number of fused-ring (bicyclic) bond motifs is 1. The predicted octanol–water partition coefficient (Wildman–Crippen LogP) is 3.45. The smallest absolute Gasteiger partial charge is 0.341 e. The molecule has 0 saturated carbocycles. The Balaban J connectivity index is 1.90. The molecule has 0 saturated heterocycles. The van der Waals surface area contributed by atoms with Crippen LogP contribution >= 0.6 is 11.3 Å². The largest absolute Gasteiger partial charge is 0.477 e. The van der Waals surface area contributed by atoms with Crippen molar-refractivity contribution >= 4 is 32.8 Å². The van der Waals surface area contributed by atoms with Crippen LogP contribution in [0, 0.1) is 0 Å². The highest BCUT2D eigenvalue weighted by atomic mass is 32.1. The number of carbonyl (C=O) groups is 1. The van der Waals surface area contributed by atoms with Crippen molar-refractivity contribution in [2.24, 2.45) is 0 Å². The Morgan fingerprint density at radius 2 is 1.81 bits per heavy atom.